The highest BCUT2D eigenvalue weighted by Crippen LogP contribution is 2.21. The molecule has 1 aliphatic heterocycles. The molecule has 0 spiro atoms. The molecule has 0 aromatic carbocycles. The predicted octanol–water partition coefficient (Wildman–Crippen LogP) is -3.86. The second kappa shape index (κ2) is 4.49. The van der Waals surface area contributed by atoms with Crippen molar-refractivity contribution in [3.05, 3.63) is 0 Å². The topological polar surface area (TPSA) is 131 Å². The summed E-state index contributed by atoms with van der Waals surface area (Å²) < 4.78 is 4.62. The average Bonchev–Trinajstić information content (AvgIpc) is 2.19. The van der Waals surface area contributed by atoms with Gasteiger partial charge in [0, 0.05) is 0 Å². The standard InChI is InChI=1S/C7H14O7/c8-1-2(9)6-4(11)3(10)5(12)7(13)14-6/h2-13H,1H2/t2-,3+,4+,5?,6?,7?/m1/s1. The molecule has 0 radical (unpaired) electrons. The second-order valence-electron chi connectivity index (χ2n) is 3.21. The maximum absolute atomic E-state index is 9.31. The van der Waals surface area contributed by atoms with Gasteiger partial charge in [-0.05, 0) is 0 Å². The zero-order valence-electron chi connectivity index (χ0n) is 7.26. The van der Waals surface area contributed by atoms with Gasteiger partial charge in [-0.15, -0.1) is 0 Å². The van der Waals surface area contributed by atoms with Crippen LogP contribution in [0.2, 0.25) is 0 Å². The van der Waals surface area contributed by atoms with Crippen LogP contribution in [-0.2, 0) is 4.74 Å². The molecule has 6 atom stereocenters. The third-order valence-electron chi connectivity index (χ3n) is 2.19. The molecule has 7 nitrogen and oxygen atoms in total. The lowest BCUT2D eigenvalue weighted by molar-refractivity contribution is -0.298. The normalized spacial score (nSPS) is 46.3. The van der Waals surface area contributed by atoms with Crippen molar-refractivity contribution in [3.8, 4) is 0 Å². The van der Waals surface area contributed by atoms with Gasteiger partial charge in [-0.1, -0.05) is 0 Å². The van der Waals surface area contributed by atoms with Crippen molar-refractivity contribution in [2.24, 2.45) is 0 Å². The van der Waals surface area contributed by atoms with Gasteiger partial charge in [-0.25, -0.2) is 0 Å². The highest BCUT2D eigenvalue weighted by atomic mass is 16.6. The molecule has 0 amide bonds. The van der Waals surface area contributed by atoms with Crippen LogP contribution in [0.25, 0.3) is 0 Å². The highest BCUT2D eigenvalue weighted by molar-refractivity contribution is 4.91. The number of aliphatic hydroxyl groups excluding tert-OH is 6. The SMILES string of the molecule is OC[C@@H](O)C1OC(O)C(O)[C@@H](O)[C@@H]1O. The van der Waals surface area contributed by atoms with Crippen LogP contribution < -0.4 is 0 Å². The van der Waals surface area contributed by atoms with Gasteiger partial charge in [0.2, 0.25) is 0 Å². The molecule has 1 rings (SSSR count). The minimum absolute atomic E-state index is 0.683. The Hall–Kier alpha value is -0.280. The molecule has 0 aromatic heterocycles. The average molecular weight is 210 g/mol. The first-order valence-corrected chi connectivity index (χ1v) is 4.15. The fraction of sp³-hybridized carbons (Fsp3) is 1.00. The molecule has 0 saturated carbocycles. The third-order valence-corrected chi connectivity index (χ3v) is 2.19. The first-order valence-electron chi connectivity index (χ1n) is 4.15. The second-order valence-corrected chi connectivity index (χ2v) is 3.21. The van der Waals surface area contributed by atoms with E-state index < -0.39 is 43.4 Å². The molecule has 6 N–H and O–H groups in total. The molecule has 3 unspecified atom stereocenters. The zero-order chi connectivity index (χ0) is 10.9. The Kier molecular flexibility index (Phi) is 3.78. The van der Waals surface area contributed by atoms with E-state index in [2.05, 4.69) is 4.74 Å². The van der Waals surface area contributed by atoms with Crippen LogP contribution >= 0.6 is 0 Å². The summed E-state index contributed by atoms with van der Waals surface area (Å²) in [4.78, 5) is 0. The summed E-state index contributed by atoms with van der Waals surface area (Å²) >= 11 is 0. The number of hydrogen-bond donors (Lipinski definition) is 6. The fourth-order valence-electron chi connectivity index (χ4n) is 1.31. The first-order chi connectivity index (χ1) is 6.49. The van der Waals surface area contributed by atoms with E-state index >= 15 is 0 Å². The molecular formula is C7H14O7. The lowest BCUT2D eigenvalue weighted by atomic mass is 9.96. The molecule has 14 heavy (non-hydrogen) atoms. The van der Waals surface area contributed by atoms with Crippen molar-refractivity contribution in [1.82, 2.24) is 0 Å². The Morgan fingerprint density at radius 1 is 1.00 bits per heavy atom. The Labute approximate surface area is 79.8 Å². The van der Waals surface area contributed by atoms with E-state index in [9.17, 15) is 10.2 Å². The molecule has 1 saturated heterocycles. The summed E-state index contributed by atoms with van der Waals surface area (Å²) in [5, 5.41) is 54.3. The van der Waals surface area contributed by atoms with Crippen LogP contribution in [0, 0.1) is 0 Å². The molecule has 0 aliphatic carbocycles. The van der Waals surface area contributed by atoms with Crippen molar-refractivity contribution in [2.45, 2.75) is 36.8 Å². The van der Waals surface area contributed by atoms with Crippen LogP contribution in [0.15, 0.2) is 0 Å². The fourth-order valence-corrected chi connectivity index (χ4v) is 1.31. The van der Waals surface area contributed by atoms with Gasteiger partial charge < -0.3 is 35.4 Å². The van der Waals surface area contributed by atoms with Crippen LogP contribution in [0.3, 0.4) is 0 Å². The maximum atomic E-state index is 9.31. The van der Waals surface area contributed by atoms with E-state index in [0.29, 0.717) is 0 Å². The van der Waals surface area contributed by atoms with Gasteiger partial charge in [0.25, 0.3) is 0 Å². The van der Waals surface area contributed by atoms with Gasteiger partial charge in [0.1, 0.15) is 30.5 Å². The maximum Gasteiger partial charge on any atom is 0.184 e. The number of hydrogen-bond acceptors (Lipinski definition) is 7. The minimum atomic E-state index is -1.69. The smallest absolute Gasteiger partial charge is 0.184 e. The monoisotopic (exact) mass is 210 g/mol. The Morgan fingerprint density at radius 3 is 2.07 bits per heavy atom. The Morgan fingerprint density at radius 2 is 1.57 bits per heavy atom. The molecule has 1 fully saturated rings. The van der Waals surface area contributed by atoms with Gasteiger partial charge in [-0.2, -0.15) is 0 Å². The summed E-state index contributed by atoms with van der Waals surface area (Å²) in [6, 6.07) is 0. The molecule has 1 heterocycles. The molecule has 7 heteroatoms. The van der Waals surface area contributed by atoms with E-state index in [1.54, 1.807) is 0 Å². The van der Waals surface area contributed by atoms with Crippen molar-refractivity contribution < 1.29 is 35.4 Å². The van der Waals surface area contributed by atoms with Gasteiger partial charge in [-0.3, -0.25) is 0 Å². The molecule has 1 aliphatic rings. The van der Waals surface area contributed by atoms with Crippen molar-refractivity contribution >= 4 is 0 Å². The lowest BCUT2D eigenvalue weighted by Gasteiger charge is -2.39. The van der Waals surface area contributed by atoms with E-state index in [1.807, 2.05) is 0 Å². The van der Waals surface area contributed by atoms with Gasteiger partial charge in [0.05, 0.1) is 6.61 Å². The molecular weight excluding hydrogens is 196 g/mol. The van der Waals surface area contributed by atoms with E-state index in [0.717, 1.165) is 0 Å². The van der Waals surface area contributed by atoms with E-state index in [1.165, 1.54) is 0 Å². The number of ether oxygens (including phenoxy) is 1. The first kappa shape index (κ1) is 11.8. The summed E-state index contributed by atoms with van der Waals surface area (Å²) in [5.41, 5.74) is 0. The lowest BCUT2D eigenvalue weighted by Crippen LogP contribution is -2.61. The van der Waals surface area contributed by atoms with Crippen LogP contribution in [0.4, 0.5) is 0 Å². The van der Waals surface area contributed by atoms with Crippen LogP contribution in [-0.4, -0.2) is 74.1 Å². The van der Waals surface area contributed by atoms with Gasteiger partial charge >= 0.3 is 0 Å². The molecule has 0 bridgehead atoms. The number of rotatable bonds is 2. The highest BCUT2D eigenvalue weighted by Gasteiger charge is 2.45. The summed E-state index contributed by atoms with van der Waals surface area (Å²) in [5.74, 6) is 0. The quantitative estimate of drug-likeness (QED) is 0.275. The van der Waals surface area contributed by atoms with Gasteiger partial charge in [0.15, 0.2) is 6.29 Å². The van der Waals surface area contributed by atoms with Crippen LogP contribution in [0.1, 0.15) is 0 Å². The Bertz CT molecular complexity index is 187. The van der Waals surface area contributed by atoms with E-state index in [4.69, 9.17) is 20.4 Å². The largest absolute Gasteiger partial charge is 0.394 e. The molecule has 0 aromatic rings. The van der Waals surface area contributed by atoms with Crippen molar-refractivity contribution in [1.29, 1.82) is 0 Å². The number of aliphatic hydroxyl groups is 6. The summed E-state index contributed by atoms with van der Waals surface area (Å²) in [6.07, 6.45) is -9.26. The third kappa shape index (κ3) is 2.04. The zero-order valence-corrected chi connectivity index (χ0v) is 7.26. The predicted molar refractivity (Wildman–Crippen MR) is 42.0 cm³/mol. The van der Waals surface area contributed by atoms with Crippen LogP contribution in [0.5, 0.6) is 0 Å². The van der Waals surface area contributed by atoms with Crippen molar-refractivity contribution in [3.63, 3.8) is 0 Å². The van der Waals surface area contributed by atoms with E-state index in [-0.39, 0.29) is 0 Å². The Balaban J connectivity index is 2.70. The summed E-state index contributed by atoms with van der Waals surface area (Å²) in [6.45, 7) is -0.683. The molecule has 84 valence electrons. The minimum Gasteiger partial charge on any atom is -0.394 e. The van der Waals surface area contributed by atoms with Crippen molar-refractivity contribution in [2.75, 3.05) is 6.61 Å². The summed E-state index contributed by atoms with van der Waals surface area (Å²) in [7, 11) is 0.